The van der Waals surface area contributed by atoms with Crippen molar-refractivity contribution in [3.05, 3.63) is 39.7 Å². The number of carbonyl (C=O) groups is 1. The minimum atomic E-state index is -0.415. The van der Waals surface area contributed by atoms with Crippen LogP contribution in [0.2, 0.25) is 0 Å². The molecule has 5 nitrogen and oxygen atoms in total. The summed E-state index contributed by atoms with van der Waals surface area (Å²) in [6, 6.07) is 1.54. The summed E-state index contributed by atoms with van der Waals surface area (Å²) in [6.45, 7) is 3.71. The van der Waals surface area contributed by atoms with Crippen molar-refractivity contribution in [2.75, 3.05) is 6.61 Å². The molecule has 1 unspecified atom stereocenters. The summed E-state index contributed by atoms with van der Waals surface area (Å²) in [5.74, 6) is -0.128. The lowest BCUT2D eigenvalue weighted by atomic mass is 10.1. The fourth-order valence-corrected chi connectivity index (χ4v) is 2.84. The van der Waals surface area contributed by atoms with Gasteiger partial charge in [-0.1, -0.05) is 6.92 Å². The number of nitrogens with zero attached hydrogens (tertiary/aromatic N) is 1. The molecule has 0 aliphatic heterocycles. The summed E-state index contributed by atoms with van der Waals surface area (Å²) in [5.41, 5.74) is 1.68. The third-order valence-corrected chi connectivity index (χ3v) is 4.02. The largest absolute Gasteiger partial charge is 0.438 e. The number of rotatable bonds is 5. The highest BCUT2D eigenvalue weighted by Gasteiger charge is 2.21. The van der Waals surface area contributed by atoms with Crippen LogP contribution in [0.15, 0.2) is 22.3 Å². The zero-order valence-corrected chi connectivity index (χ0v) is 11.7. The third kappa shape index (κ3) is 2.85. The molecule has 1 amide bonds. The number of thiophene rings is 1. The maximum absolute atomic E-state index is 12.1. The second-order valence-corrected chi connectivity index (χ2v) is 5.11. The normalized spacial score (nSPS) is 12.4. The molecule has 2 aromatic heterocycles. The van der Waals surface area contributed by atoms with Crippen LogP contribution in [0.25, 0.3) is 0 Å². The Balaban J connectivity index is 2.15. The van der Waals surface area contributed by atoms with Gasteiger partial charge in [0.15, 0.2) is 6.39 Å². The standard InChI is InChI=1S/C13H16N2O3S/c1-3-9-11(18-7-14-9)13(17)15-10(6-16)12-8(2)4-5-19-12/h4-5,7,10,16H,3,6H2,1-2H3,(H,15,17). The first-order valence-corrected chi connectivity index (χ1v) is 6.93. The number of hydrogen-bond acceptors (Lipinski definition) is 5. The highest BCUT2D eigenvalue weighted by atomic mass is 32.1. The Morgan fingerprint density at radius 2 is 2.42 bits per heavy atom. The highest BCUT2D eigenvalue weighted by Crippen LogP contribution is 2.24. The van der Waals surface area contributed by atoms with E-state index in [0.717, 1.165) is 10.4 Å². The van der Waals surface area contributed by atoms with Gasteiger partial charge in [-0.05, 0) is 30.4 Å². The Morgan fingerprint density at radius 3 is 3.00 bits per heavy atom. The van der Waals surface area contributed by atoms with Gasteiger partial charge in [0.1, 0.15) is 0 Å². The molecule has 2 aromatic rings. The van der Waals surface area contributed by atoms with Gasteiger partial charge in [0.25, 0.3) is 5.91 Å². The molecule has 2 heterocycles. The summed E-state index contributed by atoms with van der Waals surface area (Å²) in [6.07, 6.45) is 1.89. The molecule has 0 fully saturated rings. The molecule has 0 aliphatic rings. The van der Waals surface area contributed by atoms with Crippen molar-refractivity contribution >= 4 is 17.2 Å². The minimum Gasteiger partial charge on any atom is -0.438 e. The van der Waals surface area contributed by atoms with E-state index in [0.29, 0.717) is 12.1 Å². The van der Waals surface area contributed by atoms with Crippen molar-refractivity contribution in [2.24, 2.45) is 0 Å². The van der Waals surface area contributed by atoms with Gasteiger partial charge in [0.05, 0.1) is 18.3 Å². The lowest BCUT2D eigenvalue weighted by molar-refractivity contribution is 0.0888. The molecule has 0 bridgehead atoms. The molecular weight excluding hydrogens is 264 g/mol. The molecule has 0 aliphatic carbocycles. The van der Waals surface area contributed by atoms with Crippen LogP contribution in [-0.4, -0.2) is 22.6 Å². The summed E-state index contributed by atoms with van der Waals surface area (Å²) in [5, 5.41) is 14.2. The quantitative estimate of drug-likeness (QED) is 0.879. The maximum atomic E-state index is 12.1. The van der Waals surface area contributed by atoms with Gasteiger partial charge in [-0.25, -0.2) is 4.98 Å². The van der Waals surface area contributed by atoms with E-state index in [2.05, 4.69) is 10.3 Å². The van der Waals surface area contributed by atoms with E-state index in [1.807, 2.05) is 25.3 Å². The van der Waals surface area contributed by atoms with Gasteiger partial charge in [-0.3, -0.25) is 4.79 Å². The zero-order valence-electron chi connectivity index (χ0n) is 10.8. The van der Waals surface area contributed by atoms with Gasteiger partial charge in [0.2, 0.25) is 5.76 Å². The minimum absolute atomic E-state index is 0.150. The first-order valence-electron chi connectivity index (χ1n) is 6.05. The molecule has 0 saturated heterocycles. The lowest BCUT2D eigenvalue weighted by Crippen LogP contribution is -2.31. The number of aliphatic hydroxyl groups is 1. The predicted molar refractivity (Wildman–Crippen MR) is 72.2 cm³/mol. The number of aryl methyl sites for hydroxylation is 2. The van der Waals surface area contributed by atoms with E-state index in [4.69, 9.17) is 4.42 Å². The fourth-order valence-electron chi connectivity index (χ4n) is 1.87. The second-order valence-electron chi connectivity index (χ2n) is 4.16. The van der Waals surface area contributed by atoms with Crippen LogP contribution in [0, 0.1) is 6.92 Å². The summed E-state index contributed by atoms with van der Waals surface area (Å²) in [4.78, 5) is 17.0. The molecule has 0 radical (unpaired) electrons. The van der Waals surface area contributed by atoms with Crippen molar-refractivity contribution in [3.63, 3.8) is 0 Å². The number of carbonyl (C=O) groups excluding carboxylic acids is 1. The predicted octanol–water partition coefficient (Wildman–Crippen LogP) is 2.07. The molecule has 19 heavy (non-hydrogen) atoms. The number of nitrogens with one attached hydrogen (secondary N) is 1. The maximum Gasteiger partial charge on any atom is 0.289 e. The third-order valence-electron chi connectivity index (χ3n) is 2.89. The Hall–Kier alpha value is -1.66. The van der Waals surface area contributed by atoms with Gasteiger partial charge >= 0.3 is 0 Å². The van der Waals surface area contributed by atoms with Gasteiger partial charge in [-0.2, -0.15) is 0 Å². The zero-order chi connectivity index (χ0) is 13.8. The van der Waals surface area contributed by atoms with E-state index in [-0.39, 0.29) is 18.3 Å². The smallest absolute Gasteiger partial charge is 0.289 e. The number of aromatic nitrogens is 1. The molecule has 102 valence electrons. The average molecular weight is 280 g/mol. The van der Waals surface area contributed by atoms with Crippen molar-refractivity contribution in [3.8, 4) is 0 Å². The second kappa shape index (κ2) is 5.99. The average Bonchev–Trinajstić information content (AvgIpc) is 3.04. The first-order chi connectivity index (χ1) is 9.17. The van der Waals surface area contributed by atoms with E-state index >= 15 is 0 Å². The molecule has 0 saturated carbocycles. The van der Waals surface area contributed by atoms with Gasteiger partial charge in [-0.15, -0.1) is 11.3 Å². The summed E-state index contributed by atoms with van der Waals surface area (Å²) in [7, 11) is 0. The topological polar surface area (TPSA) is 75.4 Å². The number of hydrogen-bond donors (Lipinski definition) is 2. The first kappa shape index (κ1) is 13.8. The Bertz CT molecular complexity index is 562. The Kier molecular flexibility index (Phi) is 4.34. The van der Waals surface area contributed by atoms with Crippen molar-refractivity contribution in [2.45, 2.75) is 26.3 Å². The van der Waals surface area contributed by atoms with Crippen LogP contribution in [0.3, 0.4) is 0 Å². The molecule has 0 spiro atoms. The van der Waals surface area contributed by atoms with Crippen LogP contribution in [0.4, 0.5) is 0 Å². The number of oxazole rings is 1. The van der Waals surface area contributed by atoms with Gasteiger partial charge in [0, 0.05) is 4.88 Å². The molecule has 2 rings (SSSR count). The number of amides is 1. The Labute approximate surface area is 115 Å². The van der Waals surface area contributed by atoms with E-state index in [1.165, 1.54) is 17.7 Å². The van der Waals surface area contributed by atoms with Crippen molar-refractivity contribution in [1.29, 1.82) is 0 Å². The van der Waals surface area contributed by atoms with Crippen molar-refractivity contribution in [1.82, 2.24) is 10.3 Å². The van der Waals surface area contributed by atoms with Crippen LogP contribution < -0.4 is 5.32 Å². The Morgan fingerprint density at radius 1 is 1.63 bits per heavy atom. The molecule has 2 N–H and O–H groups in total. The van der Waals surface area contributed by atoms with E-state index in [1.54, 1.807) is 0 Å². The van der Waals surface area contributed by atoms with Crippen LogP contribution in [0.1, 0.15) is 39.7 Å². The summed E-state index contributed by atoms with van der Waals surface area (Å²) < 4.78 is 5.11. The van der Waals surface area contributed by atoms with Gasteiger partial charge < -0.3 is 14.8 Å². The molecule has 1 atom stereocenters. The van der Waals surface area contributed by atoms with Crippen LogP contribution >= 0.6 is 11.3 Å². The fraction of sp³-hybridized carbons (Fsp3) is 0.385. The van der Waals surface area contributed by atoms with Crippen LogP contribution in [0.5, 0.6) is 0 Å². The van der Waals surface area contributed by atoms with Crippen LogP contribution in [-0.2, 0) is 6.42 Å². The van der Waals surface area contributed by atoms with E-state index in [9.17, 15) is 9.90 Å². The molecular formula is C13H16N2O3S. The highest BCUT2D eigenvalue weighted by molar-refractivity contribution is 7.10. The SMILES string of the molecule is CCc1ncoc1C(=O)NC(CO)c1sccc1C. The van der Waals surface area contributed by atoms with Crippen molar-refractivity contribution < 1.29 is 14.3 Å². The monoisotopic (exact) mass is 280 g/mol. The molecule has 6 heteroatoms. The number of aliphatic hydroxyl groups excluding tert-OH is 1. The van der Waals surface area contributed by atoms with E-state index < -0.39 is 6.04 Å². The lowest BCUT2D eigenvalue weighted by Gasteiger charge is -2.15. The molecule has 0 aromatic carbocycles. The summed E-state index contributed by atoms with van der Waals surface area (Å²) >= 11 is 1.51.